The molecule has 0 aliphatic carbocycles. The number of carboxylic acids is 1. The third kappa shape index (κ3) is 11.8. The summed E-state index contributed by atoms with van der Waals surface area (Å²) in [5, 5.41) is 13.6. The van der Waals surface area contributed by atoms with Gasteiger partial charge in [-0.05, 0) is 90.8 Å². The summed E-state index contributed by atoms with van der Waals surface area (Å²) in [5.74, 6) is -1.66. The molecule has 2 rings (SSSR count). The number of nitrogens with one attached hydrogen (secondary N) is 2. The Morgan fingerprint density at radius 1 is 0.718 bits per heavy atom. The van der Waals surface area contributed by atoms with Crippen LogP contribution >= 0.6 is 0 Å². The standard InChI is InChI=1S/C14H20N2O4.C13H18N2O4/c1-9-6-11(7-10(2)15-9)8-20-13(18)16-14(3,4)12(17)19-5;1-8-5-10(6-9(2)14-8)7-19-12(18)15-13(3,4)11(16)17/h6-7H,8H2,1-5H3,(H,16,18);5-6H,7H2,1-4H3,(H,15,18)(H,16,17). The minimum atomic E-state index is -1.36. The van der Waals surface area contributed by atoms with Gasteiger partial charge in [-0.2, -0.15) is 0 Å². The van der Waals surface area contributed by atoms with Crippen molar-refractivity contribution in [3.05, 3.63) is 58.2 Å². The fourth-order valence-corrected chi connectivity index (χ4v) is 3.25. The van der Waals surface area contributed by atoms with Crippen molar-refractivity contribution in [3.8, 4) is 0 Å². The average molecular weight is 547 g/mol. The minimum Gasteiger partial charge on any atom is -0.480 e. The molecule has 0 aliphatic heterocycles. The summed E-state index contributed by atoms with van der Waals surface area (Å²) in [6.07, 6.45) is -1.44. The van der Waals surface area contributed by atoms with Crippen molar-refractivity contribution in [1.82, 2.24) is 20.6 Å². The van der Waals surface area contributed by atoms with Crippen molar-refractivity contribution in [2.24, 2.45) is 0 Å². The van der Waals surface area contributed by atoms with E-state index in [1.165, 1.54) is 21.0 Å². The zero-order valence-electron chi connectivity index (χ0n) is 23.9. The van der Waals surface area contributed by atoms with E-state index in [-0.39, 0.29) is 13.2 Å². The van der Waals surface area contributed by atoms with Crippen molar-refractivity contribution in [3.63, 3.8) is 0 Å². The molecule has 0 bridgehead atoms. The van der Waals surface area contributed by atoms with Crippen LogP contribution in [-0.4, -0.2) is 57.4 Å². The summed E-state index contributed by atoms with van der Waals surface area (Å²) < 4.78 is 14.7. The molecule has 0 aromatic carbocycles. The lowest BCUT2D eigenvalue weighted by Gasteiger charge is -2.22. The molecule has 12 nitrogen and oxygen atoms in total. The fraction of sp³-hybridized carbons (Fsp3) is 0.481. The van der Waals surface area contributed by atoms with Crippen LogP contribution < -0.4 is 10.6 Å². The van der Waals surface area contributed by atoms with Gasteiger partial charge in [-0.25, -0.2) is 19.2 Å². The Hall–Kier alpha value is -4.22. The molecule has 2 aromatic heterocycles. The molecule has 2 heterocycles. The van der Waals surface area contributed by atoms with Crippen molar-refractivity contribution in [2.45, 2.75) is 79.7 Å². The number of carboxylic acid groups (broad SMARTS) is 1. The molecule has 0 saturated carbocycles. The maximum atomic E-state index is 11.7. The zero-order valence-corrected chi connectivity index (χ0v) is 23.9. The number of hydrogen-bond acceptors (Lipinski definition) is 9. The topological polar surface area (TPSA) is 166 Å². The van der Waals surface area contributed by atoms with Gasteiger partial charge in [-0.15, -0.1) is 0 Å². The van der Waals surface area contributed by atoms with Crippen LogP contribution in [0.15, 0.2) is 24.3 Å². The lowest BCUT2D eigenvalue weighted by atomic mass is 10.1. The van der Waals surface area contributed by atoms with Gasteiger partial charge in [0, 0.05) is 22.8 Å². The molecule has 0 spiro atoms. The van der Waals surface area contributed by atoms with Gasteiger partial charge in [-0.1, -0.05) is 0 Å². The normalized spacial score (nSPS) is 10.9. The van der Waals surface area contributed by atoms with E-state index >= 15 is 0 Å². The number of ether oxygens (including phenoxy) is 3. The third-order valence-electron chi connectivity index (χ3n) is 5.08. The largest absolute Gasteiger partial charge is 0.480 e. The second-order valence-corrected chi connectivity index (χ2v) is 9.97. The van der Waals surface area contributed by atoms with Gasteiger partial charge < -0.3 is 30.0 Å². The van der Waals surface area contributed by atoms with Crippen LogP contribution in [0.3, 0.4) is 0 Å². The van der Waals surface area contributed by atoms with E-state index in [0.717, 1.165) is 33.9 Å². The number of rotatable bonds is 8. The summed E-state index contributed by atoms with van der Waals surface area (Å²) in [4.78, 5) is 53.9. The summed E-state index contributed by atoms with van der Waals surface area (Å²) >= 11 is 0. The molecular weight excluding hydrogens is 508 g/mol. The molecule has 2 amide bonds. The fourth-order valence-electron chi connectivity index (χ4n) is 3.25. The van der Waals surface area contributed by atoms with E-state index in [4.69, 9.17) is 14.6 Å². The molecule has 0 fully saturated rings. The molecular formula is C27H38N4O8. The first-order valence-electron chi connectivity index (χ1n) is 12.0. The van der Waals surface area contributed by atoms with Crippen LogP contribution in [0.25, 0.3) is 0 Å². The number of aromatic nitrogens is 2. The van der Waals surface area contributed by atoms with Crippen molar-refractivity contribution < 1.29 is 38.5 Å². The molecule has 0 atom stereocenters. The number of methoxy groups -OCH3 is 1. The first kappa shape index (κ1) is 32.8. The molecule has 0 radical (unpaired) electrons. The maximum Gasteiger partial charge on any atom is 0.408 e. The number of esters is 1. The smallest absolute Gasteiger partial charge is 0.408 e. The summed E-state index contributed by atoms with van der Waals surface area (Å²) in [7, 11) is 1.26. The SMILES string of the molecule is COC(=O)C(C)(C)NC(=O)OCc1cc(C)nc(C)c1.Cc1cc(COC(=O)NC(C)(C)C(=O)O)cc(C)n1. The van der Waals surface area contributed by atoms with Crippen LogP contribution in [0.4, 0.5) is 9.59 Å². The molecule has 0 aliphatic rings. The highest BCUT2D eigenvalue weighted by Gasteiger charge is 2.31. The number of aryl methyl sites for hydroxylation is 4. The summed E-state index contributed by atoms with van der Waals surface area (Å²) in [5.41, 5.74) is 2.57. The summed E-state index contributed by atoms with van der Waals surface area (Å²) in [6.45, 7) is 13.5. The Labute approximate surface area is 228 Å². The van der Waals surface area contributed by atoms with E-state index in [2.05, 4.69) is 25.3 Å². The number of hydrogen-bond donors (Lipinski definition) is 3. The van der Waals surface area contributed by atoms with Gasteiger partial charge in [0.1, 0.15) is 24.3 Å². The second-order valence-electron chi connectivity index (χ2n) is 9.97. The number of alkyl carbamates (subject to hydrolysis) is 2. The highest BCUT2D eigenvalue weighted by atomic mass is 16.6. The van der Waals surface area contributed by atoms with Crippen LogP contribution in [0.1, 0.15) is 61.6 Å². The predicted octanol–water partition coefficient (Wildman–Crippen LogP) is 3.66. The molecule has 214 valence electrons. The summed E-state index contributed by atoms with van der Waals surface area (Å²) in [6, 6.07) is 7.29. The first-order valence-corrected chi connectivity index (χ1v) is 12.0. The number of aliphatic carboxylic acids is 1. The van der Waals surface area contributed by atoms with Crippen LogP contribution in [0.2, 0.25) is 0 Å². The first-order chi connectivity index (χ1) is 17.9. The van der Waals surface area contributed by atoms with E-state index < -0.39 is 35.2 Å². The molecule has 3 N–H and O–H groups in total. The van der Waals surface area contributed by atoms with E-state index in [1.54, 1.807) is 13.8 Å². The molecule has 12 heteroatoms. The Morgan fingerprint density at radius 2 is 1.05 bits per heavy atom. The van der Waals surface area contributed by atoms with Gasteiger partial charge >= 0.3 is 24.1 Å². The molecule has 0 saturated heterocycles. The number of carbonyl (C=O) groups is 4. The van der Waals surface area contributed by atoms with E-state index in [1.807, 2.05) is 52.0 Å². The van der Waals surface area contributed by atoms with Crippen molar-refractivity contribution >= 4 is 24.1 Å². The lowest BCUT2D eigenvalue weighted by molar-refractivity contribution is -0.147. The van der Waals surface area contributed by atoms with Gasteiger partial charge in [0.05, 0.1) is 7.11 Å². The Kier molecular flexibility index (Phi) is 11.8. The molecule has 2 aromatic rings. The van der Waals surface area contributed by atoms with Crippen molar-refractivity contribution in [1.29, 1.82) is 0 Å². The zero-order chi connectivity index (χ0) is 30.0. The van der Waals surface area contributed by atoms with Gasteiger partial charge in [0.25, 0.3) is 0 Å². The van der Waals surface area contributed by atoms with Crippen molar-refractivity contribution in [2.75, 3.05) is 7.11 Å². The number of pyridine rings is 2. The Morgan fingerprint density at radius 3 is 1.36 bits per heavy atom. The number of nitrogens with zero attached hydrogens (tertiary/aromatic N) is 2. The monoisotopic (exact) mass is 546 g/mol. The molecule has 0 unspecified atom stereocenters. The average Bonchev–Trinajstić information content (AvgIpc) is 2.79. The predicted molar refractivity (Wildman–Crippen MR) is 142 cm³/mol. The number of carbonyl (C=O) groups excluding carboxylic acids is 3. The quantitative estimate of drug-likeness (QED) is 0.328. The lowest BCUT2D eigenvalue weighted by Crippen LogP contribution is -2.50. The van der Waals surface area contributed by atoms with Gasteiger partial charge in [-0.3, -0.25) is 9.97 Å². The third-order valence-corrected chi connectivity index (χ3v) is 5.08. The highest BCUT2D eigenvalue weighted by Crippen LogP contribution is 2.10. The second kappa shape index (κ2) is 14.1. The van der Waals surface area contributed by atoms with Gasteiger partial charge in [0.2, 0.25) is 0 Å². The van der Waals surface area contributed by atoms with E-state index in [0.29, 0.717) is 0 Å². The minimum absolute atomic E-state index is 0.0751. The maximum absolute atomic E-state index is 11.7. The van der Waals surface area contributed by atoms with Crippen LogP contribution in [-0.2, 0) is 37.0 Å². The number of amides is 2. The van der Waals surface area contributed by atoms with Crippen LogP contribution in [0.5, 0.6) is 0 Å². The highest BCUT2D eigenvalue weighted by molar-refractivity contribution is 5.84. The Bertz CT molecular complexity index is 1150. The Balaban J connectivity index is 0.000000391. The van der Waals surface area contributed by atoms with E-state index in [9.17, 15) is 19.2 Å². The van der Waals surface area contributed by atoms with Crippen LogP contribution in [0, 0.1) is 27.7 Å². The molecule has 39 heavy (non-hydrogen) atoms. The van der Waals surface area contributed by atoms with Gasteiger partial charge in [0.15, 0.2) is 0 Å².